The molecule has 90 valence electrons. The van der Waals surface area contributed by atoms with Gasteiger partial charge in [-0.05, 0) is 29.2 Å². The highest BCUT2D eigenvalue weighted by molar-refractivity contribution is 7.92. The summed E-state index contributed by atoms with van der Waals surface area (Å²) in [7, 11) is -3.25. The van der Waals surface area contributed by atoms with Gasteiger partial charge in [0.2, 0.25) is 10.0 Å². The highest BCUT2D eigenvalue weighted by atomic mass is 35.5. The molecule has 0 aromatic heterocycles. The fourth-order valence-electron chi connectivity index (χ4n) is 1.38. The van der Waals surface area contributed by atoms with Crippen LogP contribution in [0.1, 0.15) is 26.3 Å². The van der Waals surface area contributed by atoms with Gasteiger partial charge in [-0.25, -0.2) is 8.42 Å². The Balaban J connectivity index is 3.18. The van der Waals surface area contributed by atoms with Crippen LogP contribution in [-0.2, 0) is 15.4 Å². The van der Waals surface area contributed by atoms with Crippen molar-refractivity contribution in [3.05, 3.63) is 28.8 Å². The minimum atomic E-state index is -3.25. The molecule has 5 heteroatoms. The van der Waals surface area contributed by atoms with Crippen LogP contribution in [0.2, 0.25) is 5.02 Å². The lowest BCUT2D eigenvalue weighted by atomic mass is 9.87. The van der Waals surface area contributed by atoms with Crippen LogP contribution in [0, 0.1) is 0 Å². The number of halogens is 1. The lowest BCUT2D eigenvalue weighted by molar-refractivity contribution is 0.590. The Morgan fingerprint density at radius 3 is 2.25 bits per heavy atom. The van der Waals surface area contributed by atoms with Gasteiger partial charge in [-0.15, -0.1) is 0 Å². The van der Waals surface area contributed by atoms with Crippen molar-refractivity contribution in [2.24, 2.45) is 0 Å². The van der Waals surface area contributed by atoms with Crippen molar-refractivity contribution < 1.29 is 8.42 Å². The SMILES string of the molecule is CC(C)(C)c1cc(NS(C)(=O)=O)ccc1Cl. The van der Waals surface area contributed by atoms with E-state index < -0.39 is 10.0 Å². The van der Waals surface area contributed by atoms with Crippen molar-refractivity contribution in [1.82, 2.24) is 0 Å². The van der Waals surface area contributed by atoms with Crippen LogP contribution in [0.25, 0.3) is 0 Å². The molecule has 1 N–H and O–H groups in total. The Morgan fingerprint density at radius 1 is 1.25 bits per heavy atom. The second kappa shape index (κ2) is 4.26. The number of anilines is 1. The summed E-state index contributed by atoms with van der Waals surface area (Å²) in [4.78, 5) is 0. The van der Waals surface area contributed by atoms with E-state index >= 15 is 0 Å². The largest absolute Gasteiger partial charge is 0.284 e. The van der Waals surface area contributed by atoms with Crippen molar-refractivity contribution in [3.8, 4) is 0 Å². The van der Waals surface area contributed by atoms with E-state index in [0.29, 0.717) is 10.7 Å². The highest BCUT2D eigenvalue weighted by Gasteiger charge is 2.18. The maximum atomic E-state index is 11.1. The first-order valence-electron chi connectivity index (χ1n) is 4.87. The molecule has 0 aliphatic carbocycles. The van der Waals surface area contributed by atoms with E-state index in [2.05, 4.69) is 4.72 Å². The van der Waals surface area contributed by atoms with Gasteiger partial charge < -0.3 is 0 Å². The topological polar surface area (TPSA) is 46.2 Å². The Morgan fingerprint density at radius 2 is 1.81 bits per heavy atom. The van der Waals surface area contributed by atoms with Gasteiger partial charge >= 0.3 is 0 Å². The number of nitrogens with one attached hydrogen (secondary N) is 1. The number of hydrogen-bond donors (Lipinski definition) is 1. The number of rotatable bonds is 2. The summed E-state index contributed by atoms with van der Waals surface area (Å²) in [5.74, 6) is 0. The van der Waals surface area contributed by atoms with Gasteiger partial charge in [-0.1, -0.05) is 32.4 Å². The molecule has 0 heterocycles. The number of sulfonamides is 1. The Kier molecular flexibility index (Phi) is 3.55. The third-order valence-electron chi connectivity index (χ3n) is 2.08. The van der Waals surface area contributed by atoms with Crippen molar-refractivity contribution in [2.75, 3.05) is 11.0 Å². The van der Waals surface area contributed by atoms with Crippen LogP contribution in [0.3, 0.4) is 0 Å². The summed E-state index contributed by atoms with van der Waals surface area (Å²) in [6.45, 7) is 6.08. The molecular formula is C11H16ClNO2S. The Labute approximate surface area is 102 Å². The number of benzene rings is 1. The van der Waals surface area contributed by atoms with Gasteiger partial charge in [-0.3, -0.25) is 4.72 Å². The minimum absolute atomic E-state index is 0.119. The molecule has 0 fully saturated rings. The molecule has 0 saturated carbocycles. The molecule has 0 saturated heterocycles. The normalized spacial score (nSPS) is 12.6. The zero-order valence-corrected chi connectivity index (χ0v) is 11.4. The molecule has 1 rings (SSSR count). The van der Waals surface area contributed by atoms with Gasteiger partial charge in [0.25, 0.3) is 0 Å². The van der Waals surface area contributed by atoms with Gasteiger partial charge in [-0.2, -0.15) is 0 Å². The molecule has 0 atom stereocenters. The van der Waals surface area contributed by atoms with E-state index in [1.54, 1.807) is 18.2 Å². The summed E-state index contributed by atoms with van der Waals surface area (Å²) >= 11 is 6.07. The molecule has 3 nitrogen and oxygen atoms in total. The first kappa shape index (κ1) is 13.3. The number of hydrogen-bond acceptors (Lipinski definition) is 2. The van der Waals surface area contributed by atoms with E-state index in [0.717, 1.165) is 11.8 Å². The molecule has 1 aromatic rings. The predicted molar refractivity (Wildman–Crippen MR) is 68.6 cm³/mol. The Hall–Kier alpha value is -0.740. The van der Waals surface area contributed by atoms with Crippen molar-refractivity contribution in [3.63, 3.8) is 0 Å². The van der Waals surface area contributed by atoms with Crippen LogP contribution in [0.15, 0.2) is 18.2 Å². The lowest BCUT2D eigenvalue weighted by Crippen LogP contribution is -2.14. The van der Waals surface area contributed by atoms with Crippen LogP contribution in [0.5, 0.6) is 0 Å². The van der Waals surface area contributed by atoms with Gasteiger partial charge in [0, 0.05) is 10.7 Å². The maximum Gasteiger partial charge on any atom is 0.229 e. The van der Waals surface area contributed by atoms with E-state index in [9.17, 15) is 8.42 Å². The molecule has 0 aliphatic rings. The fourth-order valence-corrected chi connectivity index (χ4v) is 2.33. The van der Waals surface area contributed by atoms with Gasteiger partial charge in [0.1, 0.15) is 0 Å². The van der Waals surface area contributed by atoms with Crippen molar-refractivity contribution >= 4 is 27.3 Å². The summed E-state index contributed by atoms with van der Waals surface area (Å²) in [5, 5.41) is 0.645. The summed E-state index contributed by atoms with van der Waals surface area (Å²) in [6.07, 6.45) is 1.12. The van der Waals surface area contributed by atoms with Gasteiger partial charge in [0.15, 0.2) is 0 Å². The summed E-state index contributed by atoms with van der Waals surface area (Å²) in [5.41, 5.74) is 1.34. The molecule has 1 aromatic carbocycles. The average Bonchev–Trinajstić information content (AvgIpc) is 2.04. The molecule has 0 spiro atoms. The van der Waals surface area contributed by atoms with Crippen molar-refractivity contribution in [1.29, 1.82) is 0 Å². The van der Waals surface area contributed by atoms with E-state index in [1.807, 2.05) is 20.8 Å². The first-order chi connectivity index (χ1) is 7.09. The molecule has 16 heavy (non-hydrogen) atoms. The van der Waals surface area contributed by atoms with Crippen LogP contribution >= 0.6 is 11.6 Å². The molecule has 0 unspecified atom stereocenters. The molecule has 0 amide bonds. The van der Waals surface area contributed by atoms with Crippen molar-refractivity contribution in [2.45, 2.75) is 26.2 Å². The summed E-state index contributed by atoms with van der Waals surface area (Å²) < 4.78 is 24.6. The van der Waals surface area contributed by atoms with Crippen LogP contribution in [-0.4, -0.2) is 14.7 Å². The third-order valence-corrected chi connectivity index (χ3v) is 3.01. The molecule has 0 aliphatic heterocycles. The Bertz CT molecular complexity index is 489. The second-order valence-corrected chi connectivity index (χ2v) is 6.97. The monoisotopic (exact) mass is 261 g/mol. The maximum absolute atomic E-state index is 11.1. The van der Waals surface area contributed by atoms with Crippen LogP contribution < -0.4 is 4.72 Å². The standard InChI is InChI=1S/C11H16ClNO2S/c1-11(2,3)9-7-8(5-6-10(9)12)13-16(4,14)15/h5-7,13H,1-4H3. The first-order valence-corrected chi connectivity index (χ1v) is 7.14. The molecule has 0 radical (unpaired) electrons. The van der Waals surface area contributed by atoms with E-state index in [1.165, 1.54) is 0 Å². The second-order valence-electron chi connectivity index (χ2n) is 4.82. The minimum Gasteiger partial charge on any atom is -0.284 e. The van der Waals surface area contributed by atoms with Gasteiger partial charge in [0.05, 0.1) is 6.26 Å². The molecule has 0 bridgehead atoms. The fraction of sp³-hybridized carbons (Fsp3) is 0.455. The molecular weight excluding hydrogens is 246 g/mol. The lowest BCUT2D eigenvalue weighted by Gasteiger charge is -2.21. The average molecular weight is 262 g/mol. The highest BCUT2D eigenvalue weighted by Crippen LogP contribution is 2.31. The zero-order valence-electron chi connectivity index (χ0n) is 9.83. The summed E-state index contributed by atoms with van der Waals surface area (Å²) in [6, 6.07) is 5.12. The predicted octanol–water partition coefficient (Wildman–Crippen LogP) is 3.01. The quantitative estimate of drug-likeness (QED) is 0.890. The van der Waals surface area contributed by atoms with Crippen LogP contribution in [0.4, 0.5) is 5.69 Å². The van der Waals surface area contributed by atoms with E-state index in [4.69, 9.17) is 11.6 Å². The smallest absolute Gasteiger partial charge is 0.229 e. The van der Waals surface area contributed by atoms with E-state index in [-0.39, 0.29) is 5.41 Å². The zero-order chi connectivity index (χ0) is 12.6. The third kappa shape index (κ3) is 3.68.